The Bertz CT molecular complexity index is 987. The predicted octanol–water partition coefficient (Wildman–Crippen LogP) is 2.72. The van der Waals surface area contributed by atoms with Gasteiger partial charge in [-0.2, -0.15) is 0 Å². The highest BCUT2D eigenvalue weighted by Gasteiger charge is 2.21. The molecule has 2 amide bonds. The molecule has 0 spiro atoms. The van der Waals surface area contributed by atoms with Gasteiger partial charge in [0.15, 0.2) is 13.1 Å². The quantitative estimate of drug-likeness (QED) is 0.523. The van der Waals surface area contributed by atoms with Crippen LogP contribution in [0.15, 0.2) is 66.0 Å². The van der Waals surface area contributed by atoms with E-state index in [9.17, 15) is 9.59 Å². The maximum atomic E-state index is 12.7. The molecule has 156 valence electrons. The molecule has 6 heteroatoms. The lowest BCUT2D eigenvalue weighted by molar-refractivity contribution is -0.862. The van der Waals surface area contributed by atoms with E-state index >= 15 is 0 Å². The van der Waals surface area contributed by atoms with Crippen LogP contribution in [0, 0.1) is 13.8 Å². The van der Waals surface area contributed by atoms with Crippen LogP contribution in [0.5, 0.6) is 0 Å². The topological polar surface area (TPSA) is 62.6 Å². The molecule has 3 N–H and O–H groups in total. The minimum absolute atomic E-state index is 0.0886. The highest BCUT2D eigenvalue weighted by atomic mass is 32.1. The number of likely N-dealkylation sites (N-methyl/N-ethyl adjacent to an activating group) is 1. The number of amides is 2. The highest BCUT2D eigenvalue weighted by molar-refractivity contribution is 7.10. The molecule has 0 saturated heterocycles. The first kappa shape index (κ1) is 21.7. The van der Waals surface area contributed by atoms with Crippen LogP contribution in [-0.4, -0.2) is 32.0 Å². The van der Waals surface area contributed by atoms with Gasteiger partial charge in [0.05, 0.1) is 13.1 Å². The van der Waals surface area contributed by atoms with Crippen molar-refractivity contribution in [2.45, 2.75) is 19.9 Å². The third kappa shape index (κ3) is 5.78. The number of rotatable bonds is 8. The van der Waals surface area contributed by atoms with Gasteiger partial charge in [0, 0.05) is 10.6 Å². The Morgan fingerprint density at radius 3 is 2.37 bits per heavy atom. The normalized spacial score (nSPS) is 12.8. The number of benzene rings is 2. The first-order valence-electron chi connectivity index (χ1n) is 9.99. The maximum Gasteiger partial charge on any atom is 0.279 e. The monoisotopic (exact) mass is 422 g/mol. The Hall–Kier alpha value is -2.96. The summed E-state index contributed by atoms with van der Waals surface area (Å²) >= 11 is 1.62. The number of quaternary nitrogens is 1. The van der Waals surface area contributed by atoms with Gasteiger partial charge in [-0.25, -0.2) is 0 Å². The van der Waals surface area contributed by atoms with Gasteiger partial charge in [0.1, 0.15) is 0 Å². The van der Waals surface area contributed by atoms with E-state index in [0.717, 1.165) is 32.2 Å². The zero-order valence-corrected chi connectivity index (χ0v) is 18.4. The van der Waals surface area contributed by atoms with E-state index in [0.29, 0.717) is 0 Å². The van der Waals surface area contributed by atoms with Crippen molar-refractivity contribution in [2.24, 2.45) is 0 Å². The largest absolute Gasteiger partial charge is 0.339 e. The third-order valence-corrected chi connectivity index (χ3v) is 6.01. The molecule has 1 aromatic heterocycles. The van der Waals surface area contributed by atoms with Gasteiger partial charge >= 0.3 is 0 Å². The number of nitrogens with one attached hydrogen (secondary N) is 3. The van der Waals surface area contributed by atoms with E-state index < -0.39 is 0 Å². The zero-order valence-electron chi connectivity index (χ0n) is 17.6. The molecule has 30 heavy (non-hydrogen) atoms. The van der Waals surface area contributed by atoms with Crippen molar-refractivity contribution in [1.29, 1.82) is 0 Å². The molecule has 2 aromatic carbocycles. The van der Waals surface area contributed by atoms with Gasteiger partial charge in [-0.1, -0.05) is 48.5 Å². The van der Waals surface area contributed by atoms with Gasteiger partial charge in [0.25, 0.3) is 11.8 Å². The molecule has 0 aliphatic heterocycles. The van der Waals surface area contributed by atoms with Gasteiger partial charge in [0.2, 0.25) is 0 Å². The summed E-state index contributed by atoms with van der Waals surface area (Å²) < 4.78 is 0. The summed E-state index contributed by atoms with van der Waals surface area (Å²) in [7, 11) is 1.85. The summed E-state index contributed by atoms with van der Waals surface area (Å²) in [4.78, 5) is 27.1. The number of thiophene rings is 1. The summed E-state index contributed by atoms with van der Waals surface area (Å²) in [6.45, 7) is 4.44. The molecule has 2 atom stereocenters. The molecule has 0 radical (unpaired) electrons. The van der Waals surface area contributed by atoms with Crippen LogP contribution < -0.4 is 15.5 Å². The lowest BCUT2D eigenvalue weighted by Crippen LogP contribution is -3.11. The average Bonchev–Trinajstić information content (AvgIpc) is 3.24. The molecule has 5 nitrogen and oxygen atoms in total. The highest BCUT2D eigenvalue weighted by Crippen LogP contribution is 2.25. The summed E-state index contributed by atoms with van der Waals surface area (Å²) in [5.74, 6) is -0.193. The van der Waals surface area contributed by atoms with Crippen LogP contribution >= 0.6 is 11.3 Å². The smallest absolute Gasteiger partial charge is 0.279 e. The van der Waals surface area contributed by atoms with E-state index in [1.807, 2.05) is 86.9 Å². The fraction of sp³-hybridized carbons (Fsp3) is 0.250. The molecule has 1 heterocycles. The van der Waals surface area contributed by atoms with E-state index in [1.54, 1.807) is 11.3 Å². The van der Waals surface area contributed by atoms with Crippen molar-refractivity contribution in [3.63, 3.8) is 0 Å². The molecule has 1 unspecified atom stereocenters. The second-order valence-corrected chi connectivity index (χ2v) is 8.51. The van der Waals surface area contributed by atoms with Crippen molar-refractivity contribution in [3.05, 3.63) is 87.6 Å². The summed E-state index contributed by atoms with van der Waals surface area (Å²) in [5.41, 5.74) is 4.05. The second-order valence-electron chi connectivity index (χ2n) is 7.53. The van der Waals surface area contributed by atoms with Crippen LogP contribution in [0.3, 0.4) is 0 Å². The first-order chi connectivity index (χ1) is 14.4. The molecule has 0 aliphatic carbocycles. The van der Waals surface area contributed by atoms with Crippen molar-refractivity contribution < 1.29 is 14.5 Å². The standard InChI is InChI=1S/C24H27N3O2S/c1-17-9-7-12-20(18(17)2)25-22(28)15-27(3)16-23(29)26-24(21-13-8-14-30-21)19-10-5-4-6-11-19/h4-14,24H,15-16H2,1-3H3,(H,25,28)(H,26,29)/p+1/t24-/m0/s1. The van der Waals surface area contributed by atoms with Gasteiger partial charge in [-0.3, -0.25) is 9.59 Å². The SMILES string of the molecule is Cc1cccc(NC(=O)C[NH+](C)CC(=O)N[C@@H](c2ccccc2)c2cccs2)c1C. The fourth-order valence-electron chi connectivity index (χ4n) is 3.32. The first-order valence-corrected chi connectivity index (χ1v) is 10.9. The van der Waals surface area contributed by atoms with Crippen LogP contribution in [-0.2, 0) is 9.59 Å². The Morgan fingerprint density at radius 1 is 0.933 bits per heavy atom. The van der Waals surface area contributed by atoms with Crippen LogP contribution in [0.25, 0.3) is 0 Å². The lowest BCUT2D eigenvalue weighted by atomic mass is 10.1. The van der Waals surface area contributed by atoms with E-state index in [1.165, 1.54) is 0 Å². The van der Waals surface area contributed by atoms with Crippen LogP contribution in [0.2, 0.25) is 0 Å². The van der Waals surface area contributed by atoms with Crippen molar-refractivity contribution in [1.82, 2.24) is 5.32 Å². The minimum atomic E-state index is -0.185. The molecule has 0 saturated carbocycles. The molecule has 0 fully saturated rings. The predicted molar refractivity (Wildman–Crippen MR) is 122 cm³/mol. The summed E-state index contributed by atoms with van der Waals surface area (Å²) in [6.07, 6.45) is 0. The van der Waals surface area contributed by atoms with E-state index in [-0.39, 0.29) is 30.9 Å². The number of anilines is 1. The number of aryl methyl sites for hydroxylation is 1. The Morgan fingerprint density at radius 2 is 1.67 bits per heavy atom. The van der Waals surface area contributed by atoms with Gasteiger partial charge < -0.3 is 15.5 Å². The van der Waals surface area contributed by atoms with E-state index in [2.05, 4.69) is 10.6 Å². The average molecular weight is 423 g/mol. The minimum Gasteiger partial charge on any atom is -0.339 e. The molecule has 0 bridgehead atoms. The van der Waals surface area contributed by atoms with Crippen molar-refractivity contribution in [3.8, 4) is 0 Å². The number of carbonyl (C=O) groups is 2. The van der Waals surface area contributed by atoms with Crippen LogP contribution in [0.4, 0.5) is 5.69 Å². The van der Waals surface area contributed by atoms with Crippen LogP contribution in [0.1, 0.15) is 27.6 Å². The Labute approximate surface area is 181 Å². The van der Waals surface area contributed by atoms with Crippen molar-refractivity contribution >= 4 is 28.8 Å². The molecular weight excluding hydrogens is 394 g/mol. The number of hydrogen-bond acceptors (Lipinski definition) is 3. The summed E-state index contributed by atoms with van der Waals surface area (Å²) in [5, 5.41) is 8.09. The molecular formula is C24H28N3O2S+. The number of carbonyl (C=O) groups excluding carboxylic acids is 2. The number of hydrogen-bond donors (Lipinski definition) is 3. The Balaban J connectivity index is 1.58. The van der Waals surface area contributed by atoms with Crippen molar-refractivity contribution in [2.75, 3.05) is 25.5 Å². The molecule has 3 rings (SSSR count). The van der Waals surface area contributed by atoms with Gasteiger partial charge in [-0.05, 0) is 48.1 Å². The lowest BCUT2D eigenvalue weighted by Gasteiger charge is -2.20. The maximum absolute atomic E-state index is 12.7. The zero-order chi connectivity index (χ0) is 21.5. The summed E-state index contributed by atoms with van der Waals surface area (Å²) in [6, 6.07) is 19.6. The third-order valence-electron chi connectivity index (χ3n) is 5.07. The van der Waals surface area contributed by atoms with Gasteiger partial charge in [-0.15, -0.1) is 11.3 Å². The molecule has 0 aliphatic rings. The Kier molecular flexibility index (Phi) is 7.38. The fourth-order valence-corrected chi connectivity index (χ4v) is 4.13. The molecule has 3 aromatic rings. The van der Waals surface area contributed by atoms with E-state index in [4.69, 9.17) is 0 Å². The second kappa shape index (κ2) is 10.2.